The van der Waals surface area contributed by atoms with Gasteiger partial charge < -0.3 is 9.47 Å². The van der Waals surface area contributed by atoms with E-state index in [0.717, 1.165) is 34.3 Å². The molecule has 0 N–H and O–H groups in total. The Kier molecular flexibility index (Phi) is 6.57. The third-order valence-corrected chi connectivity index (χ3v) is 9.85. The smallest absolute Gasteiger partial charge is 0.190 e. The molecule has 0 fully saturated rings. The average Bonchev–Trinajstić information content (AvgIpc) is 2.50. The van der Waals surface area contributed by atoms with Crippen molar-refractivity contribution in [3.63, 3.8) is 0 Å². The fourth-order valence-electron chi connectivity index (χ4n) is 2.54. The first kappa shape index (κ1) is 19.1. The fourth-order valence-corrected chi connectivity index (χ4v) is 5.24. The first-order valence-electron chi connectivity index (χ1n) is 7.89. The van der Waals surface area contributed by atoms with Crippen molar-refractivity contribution < 1.29 is 9.47 Å². The summed E-state index contributed by atoms with van der Waals surface area (Å²) < 4.78 is 11.6. The maximum absolute atomic E-state index is 7.05. The van der Waals surface area contributed by atoms with E-state index in [1.807, 2.05) is 0 Å². The molecule has 0 atom stereocenters. The largest absolute Gasteiger partial charge is 0.497 e. The van der Waals surface area contributed by atoms with E-state index in [2.05, 4.69) is 53.3 Å². The summed E-state index contributed by atoms with van der Waals surface area (Å²) in [7, 11) is -0.393. The second-order valence-electron chi connectivity index (χ2n) is 6.57. The first-order chi connectivity index (χ1) is 10.2. The van der Waals surface area contributed by atoms with Gasteiger partial charge in [0.2, 0.25) is 0 Å². The van der Waals surface area contributed by atoms with Crippen molar-refractivity contribution in [1.29, 1.82) is 0 Å². The highest BCUT2D eigenvalue weighted by molar-refractivity contribution is 7.27. The van der Waals surface area contributed by atoms with E-state index in [1.165, 1.54) is 0 Å². The number of ether oxygens (including phenoxy) is 2. The van der Waals surface area contributed by atoms with Gasteiger partial charge in [-0.3, -0.25) is 0 Å². The van der Waals surface area contributed by atoms with Crippen LogP contribution in [0.4, 0.5) is 0 Å². The number of rotatable bonds is 7. The summed E-state index contributed by atoms with van der Waals surface area (Å²) in [4.78, 5) is 0. The highest BCUT2D eigenvalue weighted by Gasteiger charge is 2.36. The molecule has 0 bridgehead atoms. The third-order valence-electron chi connectivity index (χ3n) is 4.06. The van der Waals surface area contributed by atoms with E-state index >= 15 is 0 Å². The molecule has 22 heavy (non-hydrogen) atoms. The Labute approximate surface area is 141 Å². The van der Waals surface area contributed by atoms with Crippen LogP contribution in [-0.2, 0) is 5.41 Å². The van der Waals surface area contributed by atoms with Gasteiger partial charge in [0.1, 0.15) is 18.1 Å². The molecule has 0 heterocycles. The van der Waals surface area contributed by atoms with Gasteiger partial charge in [-0.15, -0.1) is 0 Å². The Bertz CT molecular complexity index is 517. The van der Waals surface area contributed by atoms with Crippen LogP contribution in [0.15, 0.2) is 24.8 Å². The van der Waals surface area contributed by atoms with Gasteiger partial charge in [0.05, 0.1) is 7.11 Å². The Hall–Kier alpha value is -0.933. The molecule has 1 rings (SSSR count). The number of benzene rings is 1. The molecule has 1 aromatic rings. The summed E-state index contributed by atoms with van der Waals surface area (Å²) in [6.07, 6.45) is 1.77. The summed E-state index contributed by atoms with van der Waals surface area (Å²) in [5.74, 6) is 1.78. The molecule has 0 radical (unpaired) electrons. The Morgan fingerprint density at radius 1 is 1.23 bits per heavy atom. The van der Waals surface area contributed by atoms with Crippen LogP contribution in [-0.4, -0.2) is 21.1 Å². The van der Waals surface area contributed by atoms with E-state index in [1.54, 1.807) is 13.2 Å². The highest BCUT2D eigenvalue weighted by Crippen LogP contribution is 2.37. The predicted octanol–water partition coefficient (Wildman–Crippen LogP) is 4.99. The Balaban J connectivity index is 3.66. The van der Waals surface area contributed by atoms with Gasteiger partial charge in [-0.25, -0.2) is 0 Å². The van der Waals surface area contributed by atoms with Crippen molar-refractivity contribution >= 4 is 23.6 Å². The monoisotopic (exact) mass is 340 g/mol. The maximum atomic E-state index is 7.05. The molecule has 2 nitrogen and oxygen atoms in total. The SMILES string of the molecule is C=CCOc1c(C(C)(C)C)cc(OC)cc1[Si](Cl)(CC)CC. The molecule has 0 unspecified atom stereocenters. The number of halogens is 1. The van der Waals surface area contributed by atoms with Crippen LogP contribution < -0.4 is 14.7 Å². The molecule has 1 aromatic carbocycles. The van der Waals surface area contributed by atoms with Crippen molar-refractivity contribution in [3.05, 3.63) is 30.4 Å². The number of hydrogen-bond donors (Lipinski definition) is 0. The van der Waals surface area contributed by atoms with Gasteiger partial charge in [0, 0.05) is 10.8 Å². The molecule has 0 aromatic heterocycles. The zero-order valence-electron chi connectivity index (χ0n) is 14.8. The van der Waals surface area contributed by atoms with Gasteiger partial charge >= 0.3 is 0 Å². The van der Waals surface area contributed by atoms with Crippen LogP contribution in [0.1, 0.15) is 40.2 Å². The van der Waals surface area contributed by atoms with Crippen LogP contribution in [0.2, 0.25) is 12.1 Å². The van der Waals surface area contributed by atoms with Crippen LogP contribution in [0, 0.1) is 0 Å². The molecule has 4 heteroatoms. The molecule has 124 valence electrons. The third kappa shape index (κ3) is 4.08. The van der Waals surface area contributed by atoms with Crippen molar-refractivity contribution in [2.45, 2.75) is 52.1 Å². The molecular formula is C18H29ClO2Si. The standard InChI is InChI=1S/C18H29ClO2Si/c1-8-11-21-17-15(18(4,5)6)12-14(20-7)13-16(17)22(19,9-2)10-3/h8,12-13H,1,9-11H2,2-7H3. The molecule has 0 saturated heterocycles. The minimum Gasteiger partial charge on any atom is -0.497 e. The van der Waals surface area contributed by atoms with Crippen LogP contribution in [0.3, 0.4) is 0 Å². The van der Waals surface area contributed by atoms with Gasteiger partial charge in [-0.1, -0.05) is 47.3 Å². The van der Waals surface area contributed by atoms with E-state index in [0.29, 0.717) is 6.61 Å². The average molecular weight is 341 g/mol. The lowest BCUT2D eigenvalue weighted by Gasteiger charge is -2.30. The van der Waals surface area contributed by atoms with E-state index in [4.69, 9.17) is 20.6 Å². The molecular weight excluding hydrogens is 312 g/mol. The second kappa shape index (κ2) is 7.56. The Morgan fingerprint density at radius 3 is 2.23 bits per heavy atom. The zero-order chi connectivity index (χ0) is 17.0. The van der Waals surface area contributed by atoms with Crippen LogP contribution >= 0.6 is 11.1 Å². The first-order valence-corrected chi connectivity index (χ1v) is 11.3. The summed E-state index contributed by atoms with van der Waals surface area (Å²) in [5.41, 5.74) is 1.09. The van der Waals surface area contributed by atoms with Crippen molar-refractivity contribution in [1.82, 2.24) is 0 Å². The van der Waals surface area contributed by atoms with Gasteiger partial charge in [0.25, 0.3) is 0 Å². The minimum absolute atomic E-state index is 0.0481. The molecule has 0 aliphatic carbocycles. The molecule has 0 saturated carbocycles. The molecule has 0 aliphatic heterocycles. The van der Waals surface area contributed by atoms with Crippen molar-refractivity contribution in [2.75, 3.05) is 13.7 Å². The quantitative estimate of drug-likeness (QED) is 0.395. The number of hydrogen-bond acceptors (Lipinski definition) is 2. The molecule has 0 amide bonds. The van der Waals surface area contributed by atoms with Gasteiger partial charge in [0.15, 0.2) is 7.38 Å². The summed E-state index contributed by atoms with van der Waals surface area (Å²) in [5, 5.41) is 1.14. The van der Waals surface area contributed by atoms with Crippen LogP contribution in [0.5, 0.6) is 11.5 Å². The molecule has 0 aliphatic rings. The van der Waals surface area contributed by atoms with E-state index < -0.39 is 7.38 Å². The Morgan fingerprint density at radius 2 is 1.82 bits per heavy atom. The summed E-state index contributed by atoms with van der Waals surface area (Å²) in [6.45, 7) is 15.1. The van der Waals surface area contributed by atoms with Gasteiger partial charge in [-0.05, 0) is 29.6 Å². The highest BCUT2D eigenvalue weighted by atomic mass is 35.6. The minimum atomic E-state index is -2.09. The lowest BCUT2D eigenvalue weighted by Crippen LogP contribution is -2.42. The van der Waals surface area contributed by atoms with Crippen molar-refractivity contribution in [3.8, 4) is 11.5 Å². The fraction of sp³-hybridized carbons (Fsp3) is 0.556. The van der Waals surface area contributed by atoms with Gasteiger partial charge in [-0.2, -0.15) is 11.1 Å². The lowest BCUT2D eigenvalue weighted by atomic mass is 9.86. The van der Waals surface area contributed by atoms with E-state index in [9.17, 15) is 0 Å². The topological polar surface area (TPSA) is 18.5 Å². The summed E-state index contributed by atoms with van der Waals surface area (Å²) >= 11 is 7.05. The lowest BCUT2D eigenvalue weighted by molar-refractivity contribution is 0.351. The molecule has 0 spiro atoms. The normalized spacial score (nSPS) is 12.1. The maximum Gasteiger partial charge on any atom is 0.190 e. The number of methoxy groups -OCH3 is 1. The zero-order valence-corrected chi connectivity index (χ0v) is 16.5. The van der Waals surface area contributed by atoms with Crippen LogP contribution in [0.25, 0.3) is 0 Å². The van der Waals surface area contributed by atoms with E-state index in [-0.39, 0.29) is 5.41 Å². The predicted molar refractivity (Wildman–Crippen MR) is 99.6 cm³/mol. The van der Waals surface area contributed by atoms with Crippen molar-refractivity contribution in [2.24, 2.45) is 0 Å². The summed E-state index contributed by atoms with van der Waals surface area (Å²) in [6, 6.07) is 6.07. The second-order valence-corrected chi connectivity index (χ2v) is 12.6.